The molecule has 2 saturated heterocycles. The first-order valence-electron chi connectivity index (χ1n) is 9.69. The lowest BCUT2D eigenvalue weighted by Gasteiger charge is -2.31. The Morgan fingerprint density at radius 2 is 1.59 bits per heavy atom. The van der Waals surface area contributed by atoms with Gasteiger partial charge in [0.05, 0.1) is 5.92 Å². The molecule has 146 valence electrons. The molecule has 2 heterocycles. The van der Waals surface area contributed by atoms with E-state index in [-0.39, 0.29) is 30.4 Å². The van der Waals surface area contributed by atoms with Gasteiger partial charge in [-0.1, -0.05) is 18.2 Å². The van der Waals surface area contributed by atoms with Gasteiger partial charge < -0.3 is 19.9 Å². The highest BCUT2D eigenvalue weighted by molar-refractivity contribution is 5.89. The second-order valence-electron chi connectivity index (χ2n) is 7.11. The van der Waals surface area contributed by atoms with E-state index in [1.165, 1.54) is 0 Å². The minimum atomic E-state index is -0.330. The summed E-state index contributed by atoms with van der Waals surface area (Å²) in [6.07, 6.45) is 4.30. The predicted molar refractivity (Wildman–Crippen MR) is 101 cm³/mol. The van der Waals surface area contributed by atoms with E-state index in [0.717, 1.165) is 38.0 Å². The molecule has 7 heteroatoms. The van der Waals surface area contributed by atoms with Crippen LogP contribution in [0, 0.1) is 5.92 Å². The fourth-order valence-corrected chi connectivity index (χ4v) is 3.53. The number of anilines is 1. The first kappa shape index (κ1) is 19.2. The molecule has 1 aromatic carbocycles. The quantitative estimate of drug-likeness (QED) is 0.823. The number of nitrogens with one attached hydrogen (secondary N) is 1. The van der Waals surface area contributed by atoms with E-state index in [9.17, 15) is 14.4 Å². The van der Waals surface area contributed by atoms with Gasteiger partial charge in [-0.2, -0.15) is 0 Å². The molecule has 2 aliphatic heterocycles. The van der Waals surface area contributed by atoms with Crippen LogP contribution in [0.1, 0.15) is 32.1 Å². The molecule has 3 amide bonds. The van der Waals surface area contributed by atoms with Crippen molar-refractivity contribution in [2.75, 3.05) is 38.1 Å². The highest BCUT2D eigenvalue weighted by Crippen LogP contribution is 2.20. The van der Waals surface area contributed by atoms with Crippen LogP contribution in [-0.4, -0.2) is 60.5 Å². The highest BCUT2D eigenvalue weighted by Gasteiger charge is 2.29. The normalized spacial score (nSPS) is 18.1. The number of carbonyl (C=O) groups excluding carboxylic acids is 3. The number of amides is 3. The lowest BCUT2D eigenvalue weighted by molar-refractivity contribution is -0.156. The van der Waals surface area contributed by atoms with Crippen LogP contribution in [0.15, 0.2) is 30.3 Å². The van der Waals surface area contributed by atoms with E-state index < -0.39 is 0 Å². The molecule has 0 aliphatic carbocycles. The van der Waals surface area contributed by atoms with Crippen molar-refractivity contribution >= 4 is 23.6 Å². The second kappa shape index (κ2) is 9.39. The van der Waals surface area contributed by atoms with Crippen molar-refractivity contribution in [3.8, 4) is 0 Å². The largest absolute Gasteiger partial charge is 0.455 e. The maximum atomic E-state index is 12.3. The van der Waals surface area contributed by atoms with Crippen LogP contribution in [0.25, 0.3) is 0 Å². The lowest BCUT2D eigenvalue weighted by Crippen LogP contribution is -2.43. The number of hydrogen-bond donors (Lipinski definition) is 1. The van der Waals surface area contributed by atoms with Crippen LogP contribution in [0.4, 0.5) is 10.5 Å². The summed E-state index contributed by atoms with van der Waals surface area (Å²) in [6, 6.07) is 9.13. The molecule has 2 fully saturated rings. The number of esters is 1. The zero-order valence-corrected chi connectivity index (χ0v) is 15.6. The van der Waals surface area contributed by atoms with Crippen molar-refractivity contribution in [1.82, 2.24) is 9.80 Å². The Bertz CT molecular complexity index is 650. The molecule has 0 bridgehead atoms. The molecular formula is C20H27N3O4. The minimum Gasteiger partial charge on any atom is -0.455 e. The van der Waals surface area contributed by atoms with E-state index in [2.05, 4.69) is 5.32 Å². The van der Waals surface area contributed by atoms with Crippen molar-refractivity contribution in [2.24, 2.45) is 5.92 Å². The predicted octanol–water partition coefficient (Wildman–Crippen LogP) is 2.49. The van der Waals surface area contributed by atoms with Gasteiger partial charge in [-0.15, -0.1) is 0 Å². The Kier molecular flexibility index (Phi) is 6.68. The fourth-order valence-electron chi connectivity index (χ4n) is 3.53. The van der Waals surface area contributed by atoms with Gasteiger partial charge in [-0.05, 0) is 44.2 Å². The van der Waals surface area contributed by atoms with Gasteiger partial charge in [0.15, 0.2) is 6.61 Å². The molecule has 0 saturated carbocycles. The number of hydrogen-bond acceptors (Lipinski definition) is 4. The maximum absolute atomic E-state index is 12.3. The smallest absolute Gasteiger partial charge is 0.321 e. The number of nitrogens with zero attached hydrogens (tertiary/aromatic N) is 2. The summed E-state index contributed by atoms with van der Waals surface area (Å²) in [5, 5.41) is 2.85. The van der Waals surface area contributed by atoms with Crippen LogP contribution in [0.3, 0.4) is 0 Å². The third kappa shape index (κ3) is 5.45. The molecule has 0 unspecified atom stereocenters. The molecule has 2 aliphatic rings. The number of benzene rings is 1. The van der Waals surface area contributed by atoms with Gasteiger partial charge in [0.2, 0.25) is 0 Å². The molecular weight excluding hydrogens is 346 g/mol. The van der Waals surface area contributed by atoms with Crippen LogP contribution in [-0.2, 0) is 14.3 Å². The lowest BCUT2D eigenvalue weighted by atomic mass is 9.97. The molecule has 1 N–H and O–H groups in total. The number of ether oxygens (including phenoxy) is 1. The van der Waals surface area contributed by atoms with E-state index in [4.69, 9.17) is 4.74 Å². The van der Waals surface area contributed by atoms with Crippen LogP contribution >= 0.6 is 0 Å². The number of carbonyl (C=O) groups is 3. The van der Waals surface area contributed by atoms with Gasteiger partial charge >= 0.3 is 12.0 Å². The number of rotatable bonds is 4. The van der Waals surface area contributed by atoms with E-state index >= 15 is 0 Å². The number of likely N-dealkylation sites (tertiary alicyclic amines) is 2. The van der Waals surface area contributed by atoms with E-state index in [0.29, 0.717) is 25.9 Å². The Morgan fingerprint density at radius 1 is 0.926 bits per heavy atom. The molecule has 27 heavy (non-hydrogen) atoms. The summed E-state index contributed by atoms with van der Waals surface area (Å²) in [5.41, 5.74) is 0.750. The van der Waals surface area contributed by atoms with Gasteiger partial charge in [0.25, 0.3) is 5.91 Å². The first-order valence-corrected chi connectivity index (χ1v) is 9.69. The molecule has 1 aromatic rings. The molecule has 7 nitrogen and oxygen atoms in total. The first-order chi connectivity index (χ1) is 13.1. The summed E-state index contributed by atoms with van der Waals surface area (Å²) in [4.78, 5) is 40.1. The maximum Gasteiger partial charge on any atom is 0.321 e. The van der Waals surface area contributed by atoms with Gasteiger partial charge in [-0.3, -0.25) is 9.59 Å². The monoisotopic (exact) mass is 373 g/mol. The standard InChI is InChI=1S/C20H27N3O4/c24-18(22-11-5-2-6-12-22)15-27-19(25)16-9-13-23(14-10-16)20(26)21-17-7-3-1-4-8-17/h1,3-4,7-8,16H,2,5-6,9-15H2,(H,21,26). The third-order valence-electron chi connectivity index (χ3n) is 5.19. The topological polar surface area (TPSA) is 79.0 Å². The van der Waals surface area contributed by atoms with E-state index in [1.807, 2.05) is 30.3 Å². The summed E-state index contributed by atoms with van der Waals surface area (Å²) in [7, 11) is 0. The van der Waals surface area contributed by atoms with Crippen molar-refractivity contribution in [3.63, 3.8) is 0 Å². The summed E-state index contributed by atoms with van der Waals surface area (Å²) < 4.78 is 5.24. The molecule has 3 rings (SSSR count). The number of urea groups is 1. The van der Waals surface area contributed by atoms with Crippen molar-refractivity contribution in [2.45, 2.75) is 32.1 Å². The average Bonchev–Trinajstić information content (AvgIpc) is 2.73. The summed E-state index contributed by atoms with van der Waals surface area (Å²) >= 11 is 0. The zero-order chi connectivity index (χ0) is 19.1. The second-order valence-corrected chi connectivity index (χ2v) is 7.11. The van der Waals surface area contributed by atoms with Crippen LogP contribution in [0.5, 0.6) is 0 Å². The Hall–Kier alpha value is -2.57. The highest BCUT2D eigenvalue weighted by atomic mass is 16.5. The zero-order valence-electron chi connectivity index (χ0n) is 15.6. The SMILES string of the molecule is O=C(OCC(=O)N1CCCCC1)C1CCN(C(=O)Nc2ccccc2)CC1. The van der Waals surface area contributed by atoms with Gasteiger partial charge in [-0.25, -0.2) is 4.79 Å². The van der Waals surface area contributed by atoms with Gasteiger partial charge in [0, 0.05) is 31.9 Å². The van der Waals surface area contributed by atoms with Crippen molar-refractivity contribution in [1.29, 1.82) is 0 Å². The minimum absolute atomic E-state index is 0.109. The third-order valence-corrected chi connectivity index (χ3v) is 5.19. The van der Waals surface area contributed by atoms with Crippen molar-refractivity contribution in [3.05, 3.63) is 30.3 Å². The van der Waals surface area contributed by atoms with E-state index in [1.54, 1.807) is 9.80 Å². The fraction of sp³-hybridized carbons (Fsp3) is 0.550. The Labute approximate surface area is 159 Å². The summed E-state index contributed by atoms with van der Waals surface area (Å²) in [5.74, 6) is -0.689. The number of piperidine rings is 2. The van der Waals surface area contributed by atoms with Crippen LogP contribution in [0.2, 0.25) is 0 Å². The Morgan fingerprint density at radius 3 is 2.26 bits per heavy atom. The molecule has 0 atom stereocenters. The average molecular weight is 373 g/mol. The molecule has 0 aromatic heterocycles. The summed E-state index contributed by atoms with van der Waals surface area (Å²) in [6.45, 7) is 2.33. The Balaban J connectivity index is 1.38. The van der Waals surface area contributed by atoms with Crippen LogP contribution < -0.4 is 5.32 Å². The van der Waals surface area contributed by atoms with Crippen molar-refractivity contribution < 1.29 is 19.1 Å². The number of para-hydroxylation sites is 1. The molecule has 0 spiro atoms. The van der Waals surface area contributed by atoms with Gasteiger partial charge in [0.1, 0.15) is 0 Å². The molecule has 0 radical (unpaired) electrons.